The molecule has 2 nitrogen and oxygen atoms in total. The number of carbonyl (C=O) groups excluding carboxylic acids is 1. The Morgan fingerprint density at radius 3 is 3.00 bits per heavy atom. The van der Waals surface area contributed by atoms with Crippen LogP contribution in [0.25, 0.3) is 0 Å². The average Bonchev–Trinajstić information content (AvgIpc) is 2.05. The van der Waals surface area contributed by atoms with Gasteiger partial charge in [0.15, 0.2) is 0 Å². The van der Waals surface area contributed by atoms with Crippen LogP contribution < -0.4 is 5.32 Å². The average molecular weight is 139 g/mol. The largest absolute Gasteiger partial charge is 0.359 e. The molecule has 0 heterocycles. The first-order valence-corrected chi connectivity index (χ1v) is 3.73. The Balaban J connectivity index is 2.46. The van der Waals surface area contributed by atoms with Crippen LogP contribution in [0.15, 0.2) is 12.2 Å². The lowest BCUT2D eigenvalue weighted by Gasteiger charge is -2.13. The summed E-state index contributed by atoms with van der Waals surface area (Å²) in [7, 11) is 1.69. The Bertz CT molecular complexity index is 151. The zero-order valence-corrected chi connectivity index (χ0v) is 6.26. The molecule has 0 saturated carbocycles. The number of nitrogens with one attached hydrogen (secondary N) is 1. The Hall–Kier alpha value is -0.790. The molecule has 1 unspecified atom stereocenters. The van der Waals surface area contributed by atoms with Crippen LogP contribution in [-0.2, 0) is 4.79 Å². The van der Waals surface area contributed by atoms with Gasteiger partial charge >= 0.3 is 0 Å². The maximum absolute atomic E-state index is 11.0. The minimum atomic E-state index is 0.138. The molecular formula is C8H13NO. The second-order valence-corrected chi connectivity index (χ2v) is 2.58. The molecule has 0 radical (unpaired) electrons. The lowest BCUT2D eigenvalue weighted by molar-refractivity contribution is -0.123. The van der Waals surface area contributed by atoms with Gasteiger partial charge in [-0.2, -0.15) is 0 Å². The second kappa shape index (κ2) is 3.40. The highest BCUT2D eigenvalue weighted by Crippen LogP contribution is 2.16. The molecular weight excluding hydrogens is 126 g/mol. The summed E-state index contributed by atoms with van der Waals surface area (Å²) in [6, 6.07) is 0. The molecule has 1 rings (SSSR count). The lowest BCUT2D eigenvalue weighted by Crippen LogP contribution is -2.26. The van der Waals surface area contributed by atoms with Crippen LogP contribution >= 0.6 is 0 Å². The first kappa shape index (κ1) is 7.32. The Kier molecular flexibility index (Phi) is 2.49. The van der Waals surface area contributed by atoms with Crippen LogP contribution in [0.2, 0.25) is 0 Å². The molecule has 0 saturated heterocycles. The molecule has 1 amide bonds. The second-order valence-electron chi connectivity index (χ2n) is 2.58. The normalized spacial score (nSPS) is 24.3. The third kappa shape index (κ3) is 1.59. The highest BCUT2D eigenvalue weighted by atomic mass is 16.1. The molecule has 0 spiro atoms. The minimum absolute atomic E-state index is 0.138. The van der Waals surface area contributed by atoms with Gasteiger partial charge in [-0.3, -0.25) is 4.79 Å². The molecule has 0 fully saturated rings. The smallest absolute Gasteiger partial charge is 0.226 e. The van der Waals surface area contributed by atoms with Gasteiger partial charge in [-0.25, -0.2) is 0 Å². The van der Waals surface area contributed by atoms with E-state index < -0.39 is 0 Å². The number of carbonyl (C=O) groups is 1. The highest BCUT2D eigenvalue weighted by molar-refractivity contribution is 5.80. The summed E-state index contributed by atoms with van der Waals surface area (Å²) >= 11 is 0. The Morgan fingerprint density at radius 2 is 2.50 bits per heavy atom. The van der Waals surface area contributed by atoms with Gasteiger partial charge in [0.05, 0.1) is 5.92 Å². The van der Waals surface area contributed by atoms with E-state index in [0.717, 1.165) is 19.3 Å². The quantitative estimate of drug-likeness (QED) is 0.541. The van der Waals surface area contributed by atoms with Crippen LogP contribution in [0, 0.1) is 5.92 Å². The summed E-state index contributed by atoms with van der Waals surface area (Å²) in [5.41, 5.74) is 0. The summed E-state index contributed by atoms with van der Waals surface area (Å²) in [5, 5.41) is 2.64. The zero-order valence-electron chi connectivity index (χ0n) is 6.26. The van der Waals surface area contributed by atoms with Crippen molar-refractivity contribution in [1.82, 2.24) is 5.32 Å². The van der Waals surface area contributed by atoms with Gasteiger partial charge in [0.1, 0.15) is 0 Å². The van der Waals surface area contributed by atoms with E-state index in [1.807, 2.05) is 6.08 Å². The Labute approximate surface area is 61.3 Å². The fourth-order valence-electron chi connectivity index (χ4n) is 1.22. The number of hydrogen-bond donors (Lipinski definition) is 1. The van der Waals surface area contributed by atoms with Gasteiger partial charge in [-0.05, 0) is 19.3 Å². The van der Waals surface area contributed by atoms with Gasteiger partial charge in [0.2, 0.25) is 5.91 Å². The first-order valence-electron chi connectivity index (χ1n) is 3.73. The van der Waals surface area contributed by atoms with E-state index in [9.17, 15) is 4.79 Å². The third-order valence-electron chi connectivity index (χ3n) is 1.84. The lowest BCUT2D eigenvalue weighted by atomic mass is 9.95. The van der Waals surface area contributed by atoms with Crippen molar-refractivity contribution in [2.45, 2.75) is 19.3 Å². The number of amides is 1. The summed E-state index contributed by atoms with van der Waals surface area (Å²) in [4.78, 5) is 11.0. The van der Waals surface area contributed by atoms with E-state index in [0.29, 0.717) is 0 Å². The molecule has 1 aliphatic rings. The van der Waals surface area contributed by atoms with Crippen molar-refractivity contribution in [3.63, 3.8) is 0 Å². The number of hydrogen-bond acceptors (Lipinski definition) is 1. The zero-order chi connectivity index (χ0) is 7.40. The van der Waals surface area contributed by atoms with Crippen molar-refractivity contribution >= 4 is 5.91 Å². The van der Waals surface area contributed by atoms with Gasteiger partial charge in [0, 0.05) is 7.05 Å². The third-order valence-corrected chi connectivity index (χ3v) is 1.84. The van der Waals surface area contributed by atoms with E-state index in [1.54, 1.807) is 7.05 Å². The molecule has 0 bridgehead atoms. The van der Waals surface area contributed by atoms with E-state index in [2.05, 4.69) is 11.4 Å². The van der Waals surface area contributed by atoms with Gasteiger partial charge in [-0.15, -0.1) is 0 Å². The predicted molar refractivity (Wildman–Crippen MR) is 40.5 cm³/mol. The van der Waals surface area contributed by atoms with E-state index in [4.69, 9.17) is 0 Å². The van der Waals surface area contributed by atoms with Crippen molar-refractivity contribution in [2.24, 2.45) is 5.92 Å². The Morgan fingerprint density at radius 1 is 1.70 bits per heavy atom. The minimum Gasteiger partial charge on any atom is -0.359 e. The van der Waals surface area contributed by atoms with E-state index in [-0.39, 0.29) is 11.8 Å². The topological polar surface area (TPSA) is 29.1 Å². The van der Waals surface area contributed by atoms with Crippen molar-refractivity contribution in [2.75, 3.05) is 7.05 Å². The van der Waals surface area contributed by atoms with Crippen molar-refractivity contribution in [3.05, 3.63) is 12.2 Å². The molecule has 1 N–H and O–H groups in total. The van der Waals surface area contributed by atoms with Crippen LogP contribution in [-0.4, -0.2) is 13.0 Å². The fraction of sp³-hybridized carbons (Fsp3) is 0.625. The monoisotopic (exact) mass is 139 g/mol. The molecule has 10 heavy (non-hydrogen) atoms. The molecule has 0 aromatic rings. The van der Waals surface area contributed by atoms with Gasteiger partial charge in [0.25, 0.3) is 0 Å². The van der Waals surface area contributed by atoms with Crippen LogP contribution in [0.1, 0.15) is 19.3 Å². The molecule has 0 aliphatic heterocycles. The molecule has 1 aliphatic carbocycles. The summed E-state index contributed by atoms with van der Waals surface area (Å²) in [6.45, 7) is 0. The SMILES string of the molecule is CNC(=O)C1C=CCCC1. The van der Waals surface area contributed by atoms with Crippen molar-refractivity contribution < 1.29 is 4.79 Å². The van der Waals surface area contributed by atoms with E-state index in [1.165, 1.54) is 0 Å². The van der Waals surface area contributed by atoms with Crippen molar-refractivity contribution in [1.29, 1.82) is 0 Å². The van der Waals surface area contributed by atoms with E-state index >= 15 is 0 Å². The van der Waals surface area contributed by atoms with Crippen LogP contribution in [0.4, 0.5) is 0 Å². The van der Waals surface area contributed by atoms with Gasteiger partial charge in [-0.1, -0.05) is 12.2 Å². The first-order chi connectivity index (χ1) is 4.84. The molecule has 1 atom stereocenters. The maximum atomic E-state index is 11.0. The number of rotatable bonds is 1. The van der Waals surface area contributed by atoms with Gasteiger partial charge < -0.3 is 5.32 Å². The number of allylic oxidation sites excluding steroid dienone is 1. The molecule has 0 aromatic heterocycles. The fourth-order valence-corrected chi connectivity index (χ4v) is 1.22. The van der Waals surface area contributed by atoms with Crippen LogP contribution in [0.3, 0.4) is 0 Å². The summed E-state index contributed by atoms with van der Waals surface area (Å²) in [6.07, 6.45) is 7.38. The highest BCUT2D eigenvalue weighted by Gasteiger charge is 2.14. The molecule has 56 valence electrons. The maximum Gasteiger partial charge on any atom is 0.226 e. The predicted octanol–water partition coefficient (Wildman–Crippen LogP) is 1.09. The molecule has 2 heteroatoms. The standard InChI is InChI=1S/C8H13NO/c1-9-8(10)7-5-3-2-4-6-7/h3,5,7H,2,4,6H2,1H3,(H,9,10). The summed E-state index contributed by atoms with van der Waals surface area (Å²) in [5.74, 6) is 0.287. The van der Waals surface area contributed by atoms with Crippen LogP contribution in [0.5, 0.6) is 0 Å². The summed E-state index contributed by atoms with van der Waals surface area (Å²) < 4.78 is 0. The molecule has 0 aromatic carbocycles. The van der Waals surface area contributed by atoms with Crippen molar-refractivity contribution in [3.8, 4) is 0 Å².